The van der Waals surface area contributed by atoms with Gasteiger partial charge in [0.15, 0.2) is 0 Å². The minimum Gasteiger partial charge on any atom is -0.481 e. The molecule has 2 aliphatic rings. The van der Waals surface area contributed by atoms with Gasteiger partial charge in [-0.25, -0.2) is 4.98 Å². The average Bonchev–Trinajstić information content (AvgIpc) is 3.30. The van der Waals surface area contributed by atoms with Gasteiger partial charge in [0, 0.05) is 55.7 Å². The third-order valence-electron chi connectivity index (χ3n) is 6.09. The molecule has 9 nitrogen and oxygen atoms in total. The van der Waals surface area contributed by atoms with Gasteiger partial charge in [-0.15, -0.1) is 0 Å². The number of hydrogen-bond acceptors (Lipinski definition) is 6. The molecule has 2 N–H and O–H groups in total. The van der Waals surface area contributed by atoms with Crippen molar-refractivity contribution in [3.05, 3.63) is 30.1 Å². The summed E-state index contributed by atoms with van der Waals surface area (Å²) in [5, 5.41) is 10.2. The molecule has 2 amide bonds. The second kappa shape index (κ2) is 9.28. The van der Waals surface area contributed by atoms with Crippen molar-refractivity contribution in [1.82, 2.24) is 25.4 Å². The lowest BCUT2D eigenvalue weighted by Gasteiger charge is -2.32. The Hall–Kier alpha value is -3.23. The molecule has 0 unspecified atom stereocenters. The van der Waals surface area contributed by atoms with Crippen molar-refractivity contribution in [1.29, 1.82) is 0 Å². The summed E-state index contributed by atoms with van der Waals surface area (Å²) in [5.74, 6) is 0.588. The van der Waals surface area contributed by atoms with Crippen LogP contribution in [0.1, 0.15) is 49.0 Å². The van der Waals surface area contributed by atoms with Crippen LogP contribution in [0.2, 0.25) is 0 Å². The SMILES string of the molecule is COc1cc(-c2cc(C(=O)N3CCC(C(=O)NC4CCC(=O)CC4)CC3)[nH]n2)ccn1. The monoisotopic (exact) mass is 425 g/mol. The van der Waals surface area contributed by atoms with Crippen LogP contribution in [0, 0.1) is 5.92 Å². The minimum atomic E-state index is -0.121. The number of piperidine rings is 1. The number of rotatable bonds is 5. The lowest BCUT2D eigenvalue weighted by Crippen LogP contribution is -2.46. The molecule has 0 aromatic carbocycles. The summed E-state index contributed by atoms with van der Waals surface area (Å²) in [6.45, 7) is 1.05. The molecule has 1 aliphatic carbocycles. The van der Waals surface area contributed by atoms with E-state index in [1.165, 1.54) is 0 Å². The van der Waals surface area contributed by atoms with Gasteiger partial charge in [0.1, 0.15) is 11.5 Å². The lowest BCUT2D eigenvalue weighted by atomic mass is 9.91. The molecule has 0 atom stereocenters. The summed E-state index contributed by atoms with van der Waals surface area (Å²) < 4.78 is 5.14. The first-order chi connectivity index (χ1) is 15.0. The molecule has 164 valence electrons. The Balaban J connectivity index is 1.31. The first-order valence-corrected chi connectivity index (χ1v) is 10.7. The maximum Gasteiger partial charge on any atom is 0.271 e. The van der Waals surface area contributed by atoms with Crippen molar-refractivity contribution >= 4 is 17.6 Å². The molecule has 4 rings (SSSR count). The Bertz CT molecular complexity index is 954. The zero-order valence-electron chi connectivity index (χ0n) is 17.6. The Morgan fingerprint density at radius 2 is 1.90 bits per heavy atom. The molecule has 0 spiro atoms. The Kier molecular flexibility index (Phi) is 6.29. The van der Waals surface area contributed by atoms with E-state index >= 15 is 0 Å². The number of nitrogens with zero attached hydrogens (tertiary/aromatic N) is 3. The quantitative estimate of drug-likeness (QED) is 0.756. The second-order valence-electron chi connectivity index (χ2n) is 8.14. The van der Waals surface area contributed by atoms with Crippen molar-refractivity contribution in [3.63, 3.8) is 0 Å². The minimum absolute atomic E-state index is 0.0434. The zero-order valence-corrected chi connectivity index (χ0v) is 17.6. The first-order valence-electron chi connectivity index (χ1n) is 10.7. The van der Waals surface area contributed by atoms with Crippen molar-refractivity contribution in [2.45, 2.75) is 44.6 Å². The largest absolute Gasteiger partial charge is 0.481 e. The number of nitrogens with one attached hydrogen (secondary N) is 2. The van der Waals surface area contributed by atoms with Gasteiger partial charge in [-0.1, -0.05) is 0 Å². The maximum atomic E-state index is 12.9. The maximum absolute atomic E-state index is 12.9. The van der Waals surface area contributed by atoms with E-state index in [2.05, 4.69) is 20.5 Å². The molecule has 1 saturated heterocycles. The molecule has 1 aliphatic heterocycles. The van der Waals surface area contributed by atoms with Gasteiger partial charge in [0.05, 0.1) is 12.8 Å². The number of carbonyl (C=O) groups is 3. The van der Waals surface area contributed by atoms with Gasteiger partial charge in [0.25, 0.3) is 5.91 Å². The predicted molar refractivity (Wildman–Crippen MR) is 112 cm³/mol. The fraction of sp³-hybridized carbons (Fsp3) is 0.500. The summed E-state index contributed by atoms with van der Waals surface area (Å²) >= 11 is 0. The van der Waals surface area contributed by atoms with E-state index in [0.717, 1.165) is 18.4 Å². The smallest absolute Gasteiger partial charge is 0.271 e. The Morgan fingerprint density at radius 1 is 1.16 bits per heavy atom. The van der Waals surface area contributed by atoms with Crippen LogP contribution in [-0.2, 0) is 9.59 Å². The highest BCUT2D eigenvalue weighted by Gasteiger charge is 2.30. The number of H-pyrrole nitrogens is 1. The molecule has 2 aromatic rings. The molecular formula is C22H27N5O4. The van der Waals surface area contributed by atoms with E-state index in [9.17, 15) is 14.4 Å². The average molecular weight is 425 g/mol. The normalized spacial score (nSPS) is 18.1. The number of carbonyl (C=O) groups excluding carboxylic acids is 3. The van der Waals surface area contributed by atoms with Crippen molar-refractivity contribution in [3.8, 4) is 17.1 Å². The molecule has 1 saturated carbocycles. The summed E-state index contributed by atoms with van der Waals surface area (Å²) in [6.07, 6.45) is 5.45. The number of ether oxygens (including phenoxy) is 1. The Labute approximate surface area is 180 Å². The van der Waals surface area contributed by atoms with E-state index in [-0.39, 0.29) is 29.6 Å². The molecule has 2 fully saturated rings. The number of aromatic amines is 1. The number of methoxy groups -OCH3 is 1. The van der Waals surface area contributed by atoms with Crippen molar-refractivity contribution in [2.75, 3.05) is 20.2 Å². The number of pyridine rings is 1. The van der Waals surface area contributed by atoms with E-state index in [0.29, 0.717) is 56.0 Å². The van der Waals surface area contributed by atoms with E-state index in [4.69, 9.17) is 4.74 Å². The van der Waals surface area contributed by atoms with Gasteiger partial charge in [0.2, 0.25) is 11.8 Å². The van der Waals surface area contributed by atoms with Crippen LogP contribution in [0.4, 0.5) is 0 Å². The van der Waals surface area contributed by atoms with Crippen LogP contribution in [0.15, 0.2) is 24.4 Å². The van der Waals surface area contributed by atoms with Crippen LogP contribution in [-0.4, -0.2) is 63.9 Å². The standard InChI is InChI=1S/C22H27N5O4/c1-31-20-12-15(6-9-23-20)18-13-19(26-25-18)22(30)27-10-7-14(8-11-27)21(29)24-16-2-4-17(28)5-3-16/h6,9,12-14,16H,2-5,7-8,10-11H2,1H3,(H,24,29)(H,25,26). The summed E-state index contributed by atoms with van der Waals surface area (Å²) in [6, 6.07) is 5.39. The third kappa shape index (κ3) is 4.92. The topological polar surface area (TPSA) is 117 Å². The number of amides is 2. The Morgan fingerprint density at radius 3 is 2.61 bits per heavy atom. The highest BCUT2D eigenvalue weighted by Crippen LogP contribution is 2.24. The van der Waals surface area contributed by atoms with Crippen LogP contribution >= 0.6 is 0 Å². The molecule has 3 heterocycles. The summed E-state index contributed by atoms with van der Waals surface area (Å²) in [7, 11) is 1.55. The summed E-state index contributed by atoms with van der Waals surface area (Å²) in [4.78, 5) is 42.6. The van der Waals surface area contributed by atoms with Gasteiger partial charge in [-0.05, 0) is 37.8 Å². The number of likely N-dealkylation sites (tertiary alicyclic amines) is 1. The first kappa shape index (κ1) is 21.0. The number of hydrogen-bond donors (Lipinski definition) is 2. The molecular weight excluding hydrogens is 398 g/mol. The third-order valence-corrected chi connectivity index (χ3v) is 6.09. The van der Waals surface area contributed by atoms with Gasteiger partial charge < -0.3 is 15.0 Å². The highest BCUT2D eigenvalue weighted by atomic mass is 16.5. The van der Waals surface area contributed by atoms with Gasteiger partial charge >= 0.3 is 0 Å². The zero-order chi connectivity index (χ0) is 21.8. The molecule has 9 heteroatoms. The molecule has 2 aromatic heterocycles. The number of Topliss-reactive ketones (excluding diaryl/α,β-unsaturated/α-hetero) is 1. The van der Waals surface area contributed by atoms with Crippen LogP contribution < -0.4 is 10.1 Å². The lowest BCUT2D eigenvalue weighted by molar-refractivity contribution is -0.128. The van der Waals surface area contributed by atoms with Crippen molar-refractivity contribution in [2.24, 2.45) is 5.92 Å². The van der Waals surface area contributed by atoms with Crippen LogP contribution in [0.25, 0.3) is 11.3 Å². The van der Waals surface area contributed by atoms with E-state index in [1.54, 1.807) is 36.4 Å². The van der Waals surface area contributed by atoms with E-state index < -0.39 is 0 Å². The van der Waals surface area contributed by atoms with Gasteiger partial charge in [-0.2, -0.15) is 5.10 Å². The fourth-order valence-electron chi connectivity index (χ4n) is 4.18. The number of ketones is 1. The molecule has 0 radical (unpaired) electrons. The molecule has 0 bridgehead atoms. The highest BCUT2D eigenvalue weighted by molar-refractivity contribution is 5.93. The fourth-order valence-corrected chi connectivity index (χ4v) is 4.18. The van der Waals surface area contributed by atoms with Gasteiger partial charge in [-0.3, -0.25) is 19.5 Å². The van der Waals surface area contributed by atoms with E-state index in [1.807, 2.05) is 0 Å². The molecule has 31 heavy (non-hydrogen) atoms. The van der Waals surface area contributed by atoms with Crippen LogP contribution in [0.3, 0.4) is 0 Å². The predicted octanol–water partition coefficient (Wildman–Crippen LogP) is 1.96. The van der Waals surface area contributed by atoms with Crippen LogP contribution in [0.5, 0.6) is 5.88 Å². The number of aromatic nitrogens is 3. The summed E-state index contributed by atoms with van der Waals surface area (Å²) in [5.41, 5.74) is 1.87. The second-order valence-corrected chi connectivity index (χ2v) is 8.14. The van der Waals surface area contributed by atoms with Crippen molar-refractivity contribution < 1.29 is 19.1 Å².